The first-order valence-corrected chi connectivity index (χ1v) is 9.45. The highest BCUT2D eigenvalue weighted by atomic mass is 35.5. The fourth-order valence-corrected chi connectivity index (χ4v) is 4.02. The van der Waals surface area contributed by atoms with Crippen LogP contribution in [0.3, 0.4) is 0 Å². The van der Waals surface area contributed by atoms with Gasteiger partial charge in [-0.15, -0.1) is 5.10 Å². The van der Waals surface area contributed by atoms with Crippen molar-refractivity contribution in [3.8, 4) is 11.3 Å². The van der Waals surface area contributed by atoms with Crippen LogP contribution in [0.4, 0.5) is 5.69 Å². The Bertz CT molecular complexity index is 744. The van der Waals surface area contributed by atoms with Crippen molar-refractivity contribution in [2.24, 2.45) is 5.41 Å². The zero-order chi connectivity index (χ0) is 17.4. The third-order valence-electron chi connectivity index (χ3n) is 5.03. The lowest BCUT2D eigenvalue weighted by Gasteiger charge is -2.47. The first-order chi connectivity index (χ1) is 12.0. The van der Waals surface area contributed by atoms with E-state index in [1.165, 1.54) is 12.1 Å². The molecule has 0 N–H and O–H groups in total. The van der Waals surface area contributed by atoms with Gasteiger partial charge in [0, 0.05) is 30.9 Å². The van der Waals surface area contributed by atoms with E-state index in [-0.39, 0.29) is 6.10 Å². The van der Waals surface area contributed by atoms with E-state index >= 15 is 0 Å². The molecule has 2 aliphatic heterocycles. The Morgan fingerprint density at radius 2 is 2.12 bits per heavy atom. The van der Waals surface area contributed by atoms with E-state index in [1.807, 2.05) is 16.9 Å². The first-order valence-electron chi connectivity index (χ1n) is 9.07. The molecule has 0 amide bonds. The van der Waals surface area contributed by atoms with Crippen LogP contribution < -0.4 is 4.90 Å². The first kappa shape index (κ1) is 16.9. The zero-order valence-electron chi connectivity index (χ0n) is 14.9. The van der Waals surface area contributed by atoms with Gasteiger partial charge in [-0.3, -0.25) is 0 Å². The second kappa shape index (κ2) is 6.61. The molecule has 1 atom stereocenters. The summed E-state index contributed by atoms with van der Waals surface area (Å²) in [5.41, 5.74) is 3.32. The number of benzene rings is 1. The van der Waals surface area contributed by atoms with Gasteiger partial charge in [-0.2, -0.15) is 0 Å². The molecule has 2 aliphatic rings. The molecule has 0 bridgehead atoms. The number of nitrogens with zero attached hydrogens (tertiary/aromatic N) is 4. The summed E-state index contributed by atoms with van der Waals surface area (Å²) in [7, 11) is 0. The van der Waals surface area contributed by atoms with E-state index in [2.05, 4.69) is 41.2 Å². The van der Waals surface area contributed by atoms with Crippen molar-refractivity contribution >= 4 is 17.3 Å². The topological polar surface area (TPSA) is 43.2 Å². The standard InChI is InChI=1S/C19H25ClN4O/c1-19(2)12-23(13-19)14-6-7-16(17(20)9-14)18-11-24(22-21-18)10-15-5-3-4-8-25-15/h6-7,9,11,15H,3-5,8,10,12-13H2,1-2H3. The number of ether oxygens (including phenoxy) is 1. The maximum atomic E-state index is 6.53. The third kappa shape index (κ3) is 3.67. The van der Waals surface area contributed by atoms with Gasteiger partial charge in [0.25, 0.3) is 0 Å². The lowest BCUT2D eigenvalue weighted by molar-refractivity contribution is 0.00370. The van der Waals surface area contributed by atoms with Crippen LogP contribution in [0.15, 0.2) is 24.4 Å². The maximum absolute atomic E-state index is 6.53. The van der Waals surface area contributed by atoms with Crippen molar-refractivity contribution in [3.63, 3.8) is 0 Å². The lowest BCUT2D eigenvalue weighted by atomic mass is 9.84. The van der Waals surface area contributed by atoms with E-state index in [9.17, 15) is 0 Å². The van der Waals surface area contributed by atoms with Gasteiger partial charge in [0.15, 0.2) is 0 Å². The molecule has 1 aromatic carbocycles. The Morgan fingerprint density at radius 1 is 1.28 bits per heavy atom. The van der Waals surface area contributed by atoms with E-state index in [0.717, 1.165) is 55.4 Å². The molecule has 0 aliphatic carbocycles. The minimum Gasteiger partial charge on any atom is -0.376 e. The van der Waals surface area contributed by atoms with Crippen molar-refractivity contribution in [1.82, 2.24) is 15.0 Å². The molecule has 25 heavy (non-hydrogen) atoms. The number of hydrogen-bond acceptors (Lipinski definition) is 4. The molecular formula is C19H25ClN4O. The number of hydrogen-bond donors (Lipinski definition) is 0. The monoisotopic (exact) mass is 360 g/mol. The smallest absolute Gasteiger partial charge is 0.114 e. The van der Waals surface area contributed by atoms with Crippen LogP contribution in [-0.2, 0) is 11.3 Å². The van der Waals surface area contributed by atoms with Gasteiger partial charge in [0.1, 0.15) is 5.69 Å². The highest BCUT2D eigenvalue weighted by molar-refractivity contribution is 6.33. The summed E-state index contributed by atoms with van der Waals surface area (Å²) < 4.78 is 7.65. The summed E-state index contributed by atoms with van der Waals surface area (Å²) in [5.74, 6) is 0. The Hall–Kier alpha value is -1.59. The highest BCUT2D eigenvalue weighted by Gasteiger charge is 2.34. The number of anilines is 1. The van der Waals surface area contributed by atoms with Gasteiger partial charge in [-0.05, 0) is 42.9 Å². The molecule has 2 aromatic rings. The average Bonchev–Trinajstić information content (AvgIpc) is 3.01. The molecule has 0 saturated carbocycles. The fourth-order valence-electron chi connectivity index (χ4n) is 3.75. The van der Waals surface area contributed by atoms with Crippen LogP contribution in [-0.4, -0.2) is 40.8 Å². The molecule has 4 rings (SSSR count). The largest absolute Gasteiger partial charge is 0.376 e. The van der Waals surface area contributed by atoms with Crippen LogP contribution in [0.2, 0.25) is 5.02 Å². The lowest BCUT2D eigenvalue weighted by Crippen LogP contribution is -2.53. The Kier molecular flexibility index (Phi) is 4.46. The van der Waals surface area contributed by atoms with Crippen LogP contribution in [0.1, 0.15) is 33.1 Å². The van der Waals surface area contributed by atoms with Crippen LogP contribution in [0.5, 0.6) is 0 Å². The summed E-state index contributed by atoms with van der Waals surface area (Å²) in [6.07, 6.45) is 5.70. The van der Waals surface area contributed by atoms with Crippen molar-refractivity contribution < 1.29 is 4.74 Å². The summed E-state index contributed by atoms with van der Waals surface area (Å²) in [6.45, 7) is 8.32. The van der Waals surface area contributed by atoms with Crippen molar-refractivity contribution in [1.29, 1.82) is 0 Å². The number of rotatable bonds is 4. The minimum absolute atomic E-state index is 0.246. The van der Waals surface area contributed by atoms with Gasteiger partial charge in [0.2, 0.25) is 0 Å². The van der Waals surface area contributed by atoms with Gasteiger partial charge in [-0.1, -0.05) is 30.7 Å². The quantitative estimate of drug-likeness (QED) is 0.826. The molecule has 2 fully saturated rings. The molecule has 6 heteroatoms. The fraction of sp³-hybridized carbons (Fsp3) is 0.579. The predicted octanol–water partition coefficient (Wildman–Crippen LogP) is 4.01. The third-order valence-corrected chi connectivity index (χ3v) is 5.35. The second-order valence-electron chi connectivity index (χ2n) is 8.00. The summed E-state index contributed by atoms with van der Waals surface area (Å²) >= 11 is 6.53. The molecule has 0 radical (unpaired) electrons. The predicted molar refractivity (Wildman–Crippen MR) is 100 cm³/mol. The van der Waals surface area contributed by atoms with Crippen LogP contribution in [0, 0.1) is 5.41 Å². The minimum atomic E-state index is 0.246. The van der Waals surface area contributed by atoms with E-state index in [0.29, 0.717) is 5.41 Å². The number of halogens is 1. The molecule has 1 aromatic heterocycles. The van der Waals surface area contributed by atoms with E-state index in [4.69, 9.17) is 16.3 Å². The molecule has 3 heterocycles. The maximum Gasteiger partial charge on any atom is 0.114 e. The summed E-state index contributed by atoms with van der Waals surface area (Å²) in [4.78, 5) is 2.35. The van der Waals surface area contributed by atoms with Gasteiger partial charge in [-0.25, -0.2) is 4.68 Å². The molecule has 134 valence electrons. The van der Waals surface area contributed by atoms with Gasteiger partial charge in [0.05, 0.1) is 23.9 Å². The Balaban J connectivity index is 1.46. The van der Waals surface area contributed by atoms with Crippen molar-refractivity contribution in [3.05, 3.63) is 29.4 Å². The Morgan fingerprint density at radius 3 is 2.80 bits per heavy atom. The van der Waals surface area contributed by atoms with E-state index < -0.39 is 0 Å². The summed E-state index contributed by atoms with van der Waals surface area (Å²) in [5, 5.41) is 9.28. The number of aromatic nitrogens is 3. The molecule has 5 nitrogen and oxygen atoms in total. The Labute approximate surface area is 153 Å². The van der Waals surface area contributed by atoms with Crippen LogP contribution in [0.25, 0.3) is 11.3 Å². The molecular weight excluding hydrogens is 336 g/mol. The highest BCUT2D eigenvalue weighted by Crippen LogP contribution is 2.37. The second-order valence-corrected chi connectivity index (χ2v) is 8.41. The van der Waals surface area contributed by atoms with Gasteiger partial charge >= 0.3 is 0 Å². The molecule has 2 saturated heterocycles. The molecule has 0 spiro atoms. The summed E-state index contributed by atoms with van der Waals surface area (Å²) in [6, 6.07) is 6.21. The average molecular weight is 361 g/mol. The SMILES string of the molecule is CC1(C)CN(c2ccc(-c3cn(CC4CCCCO4)nn3)c(Cl)c2)C1. The molecule has 1 unspecified atom stereocenters. The van der Waals surface area contributed by atoms with E-state index in [1.54, 1.807) is 0 Å². The zero-order valence-corrected chi connectivity index (χ0v) is 15.7. The van der Waals surface area contributed by atoms with Crippen molar-refractivity contribution in [2.75, 3.05) is 24.6 Å². The van der Waals surface area contributed by atoms with Gasteiger partial charge < -0.3 is 9.64 Å². The van der Waals surface area contributed by atoms with Crippen molar-refractivity contribution in [2.45, 2.75) is 45.8 Å². The van der Waals surface area contributed by atoms with Crippen LogP contribution >= 0.6 is 11.6 Å². The normalized spacial score (nSPS) is 22.7.